The average molecular weight is 210 g/mol. The average Bonchev–Trinajstić information content (AvgIpc) is 1.81. The number of aliphatic carboxylic acids is 1. The van der Waals surface area contributed by atoms with Gasteiger partial charge in [-0.25, -0.2) is 9.36 Å². The summed E-state index contributed by atoms with van der Waals surface area (Å²) in [6.07, 6.45) is 1.14. The van der Waals surface area contributed by atoms with Crippen LogP contribution in [0.2, 0.25) is 0 Å². The largest absolute Gasteiger partial charge is 0.478 e. The minimum Gasteiger partial charge on any atom is -0.478 e. The summed E-state index contributed by atoms with van der Waals surface area (Å²) >= 11 is 0. The van der Waals surface area contributed by atoms with E-state index in [1.54, 1.807) is 0 Å². The molecule has 0 atom stereocenters. The van der Waals surface area contributed by atoms with Gasteiger partial charge in [0, 0.05) is 6.08 Å². The minimum absolute atomic E-state index is 0.178. The van der Waals surface area contributed by atoms with Crippen LogP contribution in [0.25, 0.3) is 0 Å². The number of hydrogen-bond donors (Lipinski definition) is 3. The second-order valence-electron chi connectivity index (χ2n) is 2.40. The Hall–Kier alpha value is -0.680. The van der Waals surface area contributed by atoms with E-state index in [0.717, 1.165) is 6.08 Å². The van der Waals surface area contributed by atoms with Gasteiger partial charge >= 0.3 is 13.8 Å². The zero-order valence-electron chi connectivity index (χ0n) is 7.01. The summed E-state index contributed by atoms with van der Waals surface area (Å²) in [5, 5.41) is 8.27. The summed E-state index contributed by atoms with van der Waals surface area (Å²) in [7, 11) is -4.43. The Labute approximate surface area is 75.1 Å². The molecular weight excluding hydrogens is 199 g/mol. The maximum Gasteiger partial charge on any atom is 0.469 e. The van der Waals surface area contributed by atoms with Gasteiger partial charge in [-0.15, -0.1) is 0 Å². The van der Waals surface area contributed by atoms with Gasteiger partial charge in [-0.2, -0.15) is 0 Å². The third kappa shape index (κ3) is 9.23. The van der Waals surface area contributed by atoms with E-state index < -0.39 is 13.8 Å². The van der Waals surface area contributed by atoms with Crippen LogP contribution in [0.4, 0.5) is 0 Å². The van der Waals surface area contributed by atoms with Crippen LogP contribution in [-0.4, -0.2) is 27.5 Å². The Morgan fingerprint density at radius 1 is 1.54 bits per heavy atom. The first-order chi connectivity index (χ1) is 5.81. The highest BCUT2D eigenvalue weighted by atomic mass is 31.2. The molecule has 0 aromatic carbocycles. The highest BCUT2D eigenvalue weighted by molar-refractivity contribution is 7.46. The number of carboxylic acids is 1. The lowest BCUT2D eigenvalue weighted by Crippen LogP contribution is -1.95. The van der Waals surface area contributed by atoms with E-state index in [2.05, 4.69) is 4.52 Å². The second-order valence-corrected chi connectivity index (χ2v) is 3.64. The molecule has 3 N–H and O–H groups in total. The molecule has 0 bridgehead atoms. The van der Waals surface area contributed by atoms with Gasteiger partial charge in [-0.1, -0.05) is 5.57 Å². The lowest BCUT2D eigenvalue weighted by Gasteiger charge is -2.04. The smallest absolute Gasteiger partial charge is 0.469 e. The van der Waals surface area contributed by atoms with E-state index in [-0.39, 0.29) is 13.0 Å². The van der Waals surface area contributed by atoms with Crippen LogP contribution in [-0.2, 0) is 13.9 Å². The predicted octanol–water partition coefficient (Wildman–Crippen LogP) is 0.517. The van der Waals surface area contributed by atoms with Gasteiger partial charge in [-0.05, 0) is 13.3 Å². The molecule has 13 heavy (non-hydrogen) atoms. The van der Waals surface area contributed by atoms with Gasteiger partial charge in [-0.3, -0.25) is 4.52 Å². The lowest BCUT2D eigenvalue weighted by atomic mass is 10.2. The van der Waals surface area contributed by atoms with Crippen molar-refractivity contribution < 1.29 is 28.8 Å². The van der Waals surface area contributed by atoms with Crippen LogP contribution in [0.3, 0.4) is 0 Å². The van der Waals surface area contributed by atoms with E-state index in [9.17, 15) is 9.36 Å². The summed E-state index contributed by atoms with van der Waals surface area (Å²) in [5.74, 6) is -1.09. The normalized spacial score (nSPS) is 13.0. The quantitative estimate of drug-likeness (QED) is 0.451. The molecule has 0 radical (unpaired) electrons. The molecule has 0 aliphatic heterocycles. The van der Waals surface area contributed by atoms with Crippen molar-refractivity contribution >= 4 is 13.8 Å². The first kappa shape index (κ1) is 12.3. The Balaban J connectivity index is 3.78. The molecule has 0 saturated carbocycles. The maximum atomic E-state index is 10.2. The molecule has 0 unspecified atom stereocenters. The first-order valence-electron chi connectivity index (χ1n) is 3.41. The molecule has 6 nitrogen and oxygen atoms in total. The van der Waals surface area contributed by atoms with E-state index >= 15 is 0 Å². The number of carboxylic acid groups (broad SMARTS) is 1. The van der Waals surface area contributed by atoms with Crippen molar-refractivity contribution in [3.63, 3.8) is 0 Å². The molecule has 0 rings (SSSR count). The van der Waals surface area contributed by atoms with Crippen molar-refractivity contribution in [3.05, 3.63) is 11.6 Å². The number of phosphoric ester groups is 1. The molecule has 0 aromatic rings. The Morgan fingerprint density at radius 3 is 2.46 bits per heavy atom. The molecule has 0 saturated heterocycles. The summed E-state index contributed by atoms with van der Waals surface area (Å²) < 4.78 is 14.3. The molecule has 0 heterocycles. The second kappa shape index (κ2) is 5.14. The molecule has 0 aromatic heterocycles. The first-order valence-corrected chi connectivity index (χ1v) is 4.94. The monoisotopic (exact) mass is 210 g/mol. The van der Waals surface area contributed by atoms with E-state index in [4.69, 9.17) is 14.9 Å². The van der Waals surface area contributed by atoms with Gasteiger partial charge in [0.1, 0.15) is 0 Å². The molecule has 0 aliphatic rings. The zero-order valence-corrected chi connectivity index (χ0v) is 7.90. The topological polar surface area (TPSA) is 104 Å². The Kier molecular flexibility index (Phi) is 4.87. The molecule has 0 aliphatic carbocycles. The summed E-state index contributed by atoms with van der Waals surface area (Å²) in [4.78, 5) is 26.6. The highest BCUT2D eigenvalue weighted by Gasteiger charge is 2.12. The minimum atomic E-state index is -4.43. The highest BCUT2D eigenvalue weighted by Crippen LogP contribution is 2.35. The van der Waals surface area contributed by atoms with Crippen molar-refractivity contribution in [2.45, 2.75) is 13.3 Å². The van der Waals surface area contributed by atoms with Crippen molar-refractivity contribution in [2.75, 3.05) is 6.61 Å². The van der Waals surface area contributed by atoms with Crippen LogP contribution in [0, 0.1) is 0 Å². The third-order valence-corrected chi connectivity index (χ3v) is 1.64. The zero-order chi connectivity index (χ0) is 10.5. The number of rotatable bonds is 5. The van der Waals surface area contributed by atoms with Crippen molar-refractivity contribution in [3.8, 4) is 0 Å². The SMILES string of the molecule is C/C(=C\C(=O)O)CCOP(=O)(O)O. The summed E-state index contributed by atoms with van der Waals surface area (Å²) in [5.41, 5.74) is 0.487. The van der Waals surface area contributed by atoms with Crippen molar-refractivity contribution in [1.82, 2.24) is 0 Å². The predicted molar refractivity (Wildman–Crippen MR) is 44.0 cm³/mol. The fourth-order valence-corrected chi connectivity index (χ4v) is 0.938. The summed E-state index contributed by atoms with van der Waals surface area (Å²) in [6.45, 7) is 1.34. The fourth-order valence-electron chi connectivity index (χ4n) is 0.609. The van der Waals surface area contributed by atoms with Crippen LogP contribution in [0.15, 0.2) is 11.6 Å². The number of phosphoric acid groups is 1. The van der Waals surface area contributed by atoms with E-state index in [1.165, 1.54) is 6.92 Å². The molecule has 7 heteroatoms. The van der Waals surface area contributed by atoms with Crippen LogP contribution in [0.5, 0.6) is 0 Å². The van der Waals surface area contributed by atoms with Crippen molar-refractivity contribution in [1.29, 1.82) is 0 Å². The van der Waals surface area contributed by atoms with Gasteiger partial charge in [0.2, 0.25) is 0 Å². The Morgan fingerprint density at radius 2 is 2.08 bits per heavy atom. The van der Waals surface area contributed by atoms with Gasteiger partial charge in [0.05, 0.1) is 6.61 Å². The van der Waals surface area contributed by atoms with Gasteiger partial charge in [0.25, 0.3) is 0 Å². The number of hydrogen-bond acceptors (Lipinski definition) is 3. The third-order valence-electron chi connectivity index (χ3n) is 1.13. The molecule has 0 fully saturated rings. The van der Waals surface area contributed by atoms with Crippen molar-refractivity contribution in [2.24, 2.45) is 0 Å². The van der Waals surface area contributed by atoms with Gasteiger partial charge in [0.15, 0.2) is 0 Å². The van der Waals surface area contributed by atoms with Crippen LogP contribution >= 0.6 is 7.82 Å². The summed E-state index contributed by atoms with van der Waals surface area (Å²) in [6, 6.07) is 0. The number of carbonyl (C=O) groups is 1. The van der Waals surface area contributed by atoms with E-state index in [0.29, 0.717) is 5.57 Å². The molecule has 76 valence electrons. The molecule has 0 amide bonds. The molecular formula is C6H11O6P. The lowest BCUT2D eigenvalue weighted by molar-refractivity contribution is -0.131. The maximum absolute atomic E-state index is 10.2. The molecule has 0 spiro atoms. The van der Waals surface area contributed by atoms with Crippen LogP contribution in [0.1, 0.15) is 13.3 Å². The van der Waals surface area contributed by atoms with Gasteiger partial charge < -0.3 is 14.9 Å². The van der Waals surface area contributed by atoms with Crippen LogP contribution < -0.4 is 0 Å². The standard InChI is InChI=1S/C6H11O6P/c1-5(4-6(7)8)2-3-12-13(9,10)11/h4H,2-3H2,1H3,(H,7,8)(H2,9,10,11)/b5-4+. The fraction of sp³-hybridized carbons (Fsp3) is 0.500. The Bertz CT molecular complexity index is 252. The van der Waals surface area contributed by atoms with E-state index in [1.807, 2.05) is 0 Å².